The molecule has 1 amide bonds. The molecule has 1 aromatic heterocycles. The zero-order valence-electron chi connectivity index (χ0n) is 13.2. The van der Waals surface area contributed by atoms with Crippen LogP contribution in [0.3, 0.4) is 0 Å². The zero-order chi connectivity index (χ0) is 17.5. The molecule has 0 fully saturated rings. The van der Waals surface area contributed by atoms with Crippen molar-refractivity contribution in [1.29, 1.82) is 0 Å². The Kier molecular flexibility index (Phi) is 6.69. The number of halogens is 1. The second kappa shape index (κ2) is 8.75. The van der Waals surface area contributed by atoms with Gasteiger partial charge in [0.2, 0.25) is 5.91 Å². The first kappa shape index (κ1) is 18.4. The maximum absolute atomic E-state index is 11.8. The van der Waals surface area contributed by atoms with Gasteiger partial charge in [-0.2, -0.15) is 0 Å². The third-order valence-corrected chi connectivity index (χ3v) is 4.70. The van der Waals surface area contributed by atoms with E-state index in [9.17, 15) is 9.59 Å². The van der Waals surface area contributed by atoms with Gasteiger partial charge in [0.15, 0.2) is 5.16 Å². The highest BCUT2D eigenvalue weighted by atomic mass is 35.5. The molecule has 128 valence electrons. The Bertz CT molecular complexity index is 733. The van der Waals surface area contributed by atoms with Gasteiger partial charge in [0.25, 0.3) is 0 Å². The predicted octanol–water partition coefficient (Wildman–Crippen LogP) is 2.91. The molecule has 0 bridgehead atoms. The van der Waals surface area contributed by atoms with E-state index in [1.807, 2.05) is 35.9 Å². The van der Waals surface area contributed by atoms with Crippen molar-refractivity contribution in [3.63, 3.8) is 0 Å². The SMILES string of the molecule is Cc1c(Cl)cccc1-n1ccnc1SCC(=O)NCCCC(=O)O. The molecular weight excluding hydrogens is 350 g/mol. The quantitative estimate of drug-likeness (QED) is 0.553. The number of benzene rings is 1. The van der Waals surface area contributed by atoms with Gasteiger partial charge in [-0.05, 0) is 31.0 Å². The predicted molar refractivity (Wildman–Crippen MR) is 93.9 cm³/mol. The summed E-state index contributed by atoms with van der Waals surface area (Å²) >= 11 is 7.47. The van der Waals surface area contributed by atoms with Crippen LogP contribution in [-0.2, 0) is 9.59 Å². The van der Waals surface area contributed by atoms with Gasteiger partial charge in [-0.1, -0.05) is 29.4 Å². The monoisotopic (exact) mass is 367 g/mol. The van der Waals surface area contributed by atoms with Gasteiger partial charge >= 0.3 is 5.97 Å². The van der Waals surface area contributed by atoms with Crippen molar-refractivity contribution in [3.05, 3.63) is 41.2 Å². The van der Waals surface area contributed by atoms with Crippen molar-refractivity contribution >= 4 is 35.2 Å². The smallest absolute Gasteiger partial charge is 0.303 e. The molecule has 8 heteroatoms. The summed E-state index contributed by atoms with van der Waals surface area (Å²) in [6.45, 7) is 2.29. The second-order valence-corrected chi connectivity index (χ2v) is 6.45. The lowest BCUT2D eigenvalue weighted by molar-refractivity contribution is -0.137. The topological polar surface area (TPSA) is 84.2 Å². The van der Waals surface area contributed by atoms with Crippen LogP contribution in [0.2, 0.25) is 5.02 Å². The average molecular weight is 368 g/mol. The van der Waals surface area contributed by atoms with Crippen molar-refractivity contribution in [3.8, 4) is 5.69 Å². The second-order valence-electron chi connectivity index (χ2n) is 5.10. The largest absolute Gasteiger partial charge is 0.481 e. The fraction of sp³-hybridized carbons (Fsp3) is 0.312. The van der Waals surface area contributed by atoms with Crippen LogP contribution in [0.15, 0.2) is 35.7 Å². The van der Waals surface area contributed by atoms with Gasteiger partial charge in [-0.3, -0.25) is 14.2 Å². The molecule has 0 radical (unpaired) electrons. The fourth-order valence-corrected chi connectivity index (χ4v) is 3.05. The number of hydrogen-bond donors (Lipinski definition) is 2. The summed E-state index contributed by atoms with van der Waals surface area (Å²) in [6.07, 6.45) is 3.97. The minimum Gasteiger partial charge on any atom is -0.481 e. The van der Waals surface area contributed by atoms with Gasteiger partial charge in [-0.25, -0.2) is 4.98 Å². The van der Waals surface area contributed by atoms with Crippen LogP contribution >= 0.6 is 23.4 Å². The maximum Gasteiger partial charge on any atom is 0.303 e. The van der Waals surface area contributed by atoms with Gasteiger partial charge in [-0.15, -0.1) is 0 Å². The van der Waals surface area contributed by atoms with E-state index in [1.165, 1.54) is 11.8 Å². The van der Waals surface area contributed by atoms with E-state index in [-0.39, 0.29) is 18.1 Å². The molecule has 0 aliphatic rings. The minimum atomic E-state index is -0.863. The van der Waals surface area contributed by atoms with Gasteiger partial charge in [0.05, 0.1) is 11.4 Å². The van der Waals surface area contributed by atoms with Crippen molar-refractivity contribution in [2.24, 2.45) is 0 Å². The van der Waals surface area contributed by atoms with Gasteiger partial charge in [0, 0.05) is 30.4 Å². The average Bonchev–Trinajstić information content (AvgIpc) is 3.00. The van der Waals surface area contributed by atoms with E-state index in [4.69, 9.17) is 16.7 Å². The van der Waals surface area contributed by atoms with Gasteiger partial charge < -0.3 is 10.4 Å². The number of imidazole rings is 1. The van der Waals surface area contributed by atoms with E-state index < -0.39 is 5.97 Å². The first-order chi connectivity index (χ1) is 11.5. The number of nitrogens with one attached hydrogen (secondary N) is 1. The first-order valence-electron chi connectivity index (χ1n) is 7.39. The maximum atomic E-state index is 11.8. The molecule has 24 heavy (non-hydrogen) atoms. The van der Waals surface area contributed by atoms with Crippen molar-refractivity contribution in [2.45, 2.75) is 24.9 Å². The lowest BCUT2D eigenvalue weighted by Crippen LogP contribution is -2.26. The third-order valence-electron chi connectivity index (χ3n) is 3.33. The molecule has 6 nitrogen and oxygen atoms in total. The molecule has 0 unspecified atom stereocenters. The van der Waals surface area contributed by atoms with Crippen LogP contribution in [0.5, 0.6) is 0 Å². The molecule has 2 rings (SSSR count). The number of carboxylic acids is 1. The van der Waals surface area contributed by atoms with Crippen LogP contribution in [-0.4, -0.2) is 38.8 Å². The number of carboxylic acid groups (broad SMARTS) is 1. The molecule has 0 spiro atoms. The van der Waals surface area contributed by atoms with Crippen molar-refractivity contribution in [1.82, 2.24) is 14.9 Å². The highest BCUT2D eigenvalue weighted by molar-refractivity contribution is 7.99. The lowest BCUT2D eigenvalue weighted by Gasteiger charge is -2.11. The van der Waals surface area contributed by atoms with E-state index in [2.05, 4.69) is 10.3 Å². The number of aromatic nitrogens is 2. The van der Waals surface area contributed by atoms with E-state index >= 15 is 0 Å². The number of hydrogen-bond acceptors (Lipinski definition) is 4. The summed E-state index contributed by atoms with van der Waals surface area (Å²) in [5.41, 5.74) is 1.86. The van der Waals surface area contributed by atoms with Crippen LogP contribution < -0.4 is 5.32 Å². The van der Waals surface area contributed by atoms with E-state index in [0.717, 1.165) is 11.3 Å². The van der Waals surface area contributed by atoms with Crippen LogP contribution in [0.1, 0.15) is 18.4 Å². The molecule has 2 aromatic rings. The molecule has 0 saturated heterocycles. The lowest BCUT2D eigenvalue weighted by atomic mass is 10.2. The number of carbonyl (C=O) groups excluding carboxylic acids is 1. The summed E-state index contributed by atoms with van der Waals surface area (Å²) in [6, 6.07) is 5.64. The molecule has 1 heterocycles. The van der Waals surface area contributed by atoms with E-state index in [1.54, 1.807) is 6.20 Å². The third kappa shape index (κ3) is 5.01. The summed E-state index contributed by atoms with van der Waals surface area (Å²) < 4.78 is 1.89. The van der Waals surface area contributed by atoms with Crippen LogP contribution in [0.4, 0.5) is 0 Å². The fourth-order valence-electron chi connectivity index (χ4n) is 2.09. The summed E-state index contributed by atoms with van der Waals surface area (Å²) in [4.78, 5) is 26.5. The van der Waals surface area contributed by atoms with Crippen LogP contribution in [0.25, 0.3) is 5.69 Å². The summed E-state index contributed by atoms with van der Waals surface area (Å²) in [5, 5.41) is 12.6. The number of rotatable bonds is 8. The number of carbonyl (C=O) groups is 2. The Morgan fingerprint density at radius 2 is 2.21 bits per heavy atom. The van der Waals surface area contributed by atoms with Crippen molar-refractivity contribution < 1.29 is 14.7 Å². The van der Waals surface area contributed by atoms with Crippen LogP contribution in [0, 0.1) is 6.92 Å². The number of amides is 1. The molecule has 0 atom stereocenters. The number of aliphatic carboxylic acids is 1. The Morgan fingerprint density at radius 1 is 1.42 bits per heavy atom. The molecule has 0 aliphatic heterocycles. The molecular formula is C16H18ClN3O3S. The zero-order valence-corrected chi connectivity index (χ0v) is 14.7. The van der Waals surface area contributed by atoms with Gasteiger partial charge in [0.1, 0.15) is 0 Å². The standard InChI is InChI=1S/C16H18ClN3O3S/c1-11-12(17)4-2-5-13(11)20-9-8-19-16(20)24-10-14(21)18-7-3-6-15(22)23/h2,4-5,8-9H,3,6-7,10H2,1H3,(H,18,21)(H,22,23). The summed E-state index contributed by atoms with van der Waals surface area (Å²) in [7, 11) is 0. The Balaban J connectivity index is 1.93. The minimum absolute atomic E-state index is 0.0475. The highest BCUT2D eigenvalue weighted by Gasteiger charge is 2.11. The molecule has 2 N–H and O–H groups in total. The normalized spacial score (nSPS) is 10.6. The Hall–Kier alpha value is -1.99. The van der Waals surface area contributed by atoms with Crippen molar-refractivity contribution in [2.75, 3.05) is 12.3 Å². The number of nitrogens with zero attached hydrogens (tertiary/aromatic N) is 2. The number of thioether (sulfide) groups is 1. The van der Waals surface area contributed by atoms with E-state index in [0.29, 0.717) is 23.1 Å². The first-order valence-corrected chi connectivity index (χ1v) is 8.75. The molecule has 1 aromatic carbocycles. The summed E-state index contributed by atoms with van der Waals surface area (Å²) in [5.74, 6) is -0.802. The highest BCUT2D eigenvalue weighted by Crippen LogP contribution is 2.26. The molecule has 0 saturated carbocycles. The Morgan fingerprint density at radius 3 is 2.96 bits per heavy atom. The molecule has 0 aliphatic carbocycles. The Labute approximate surface area is 149 Å².